The fraction of sp³-hybridized carbons (Fsp3) is 0. The molecule has 4 nitrogen and oxygen atoms in total. The standard InChI is InChI=1S/C8H7Cl2N3O/c9-6-2-1-3-7(10)5(6)4-12-13-8(11)14/h1-4H,(H3,11,13,14)/b12-4+. The molecular weight excluding hydrogens is 225 g/mol. The van der Waals surface area contributed by atoms with Crippen LogP contribution in [0.15, 0.2) is 23.3 Å². The average molecular weight is 232 g/mol. The average Bonchev–Trinajstić information content (AvgIpc) is 2.09. The van der Waals surface area contributed by atoms with Crippen LogP contribution in [0, 0.1) is 0 Å². The van der Waals surface area contributed by atoms with Crippen LogP contribution in [0.25, 0.3) is 0 Å². The third-order valence-electron chi connectivity index (χ3n) is 1.37. The van der Waals surface area contributed by atoms with Gasteiger partial charge < -0.3 is 5.73 Å². The molecule has 0 radical (unpaired) electrons. The highest BCUT2D eigenvalue weighted by atomic mass is 35.5. The Labute approximate surface area is 90.7 Å². The molecule has 0 saturated heterocycles. The molecule has 0 fully saturated rings. The van der Waals surface area contributed by atoms with Gasteiger partial charge in [-0.05, 0) is 12.1 Å². The zero-order valence-electron chi connectivity index (χ0n) is 7.00. The van der Waals surface area contributed by atoms with Crippen molar-refractivity contribution in [3.63, 3.8) is 0 Å². The summed E-state index contributed by atoms with van der Waals surface area (Å²) in [6.45, 7) is 0. The molecule has 14 heavy (non-hydrogen) atoms. The summed E-state index contributed by atoms with van der Waals surface area (Å²) < 4.78 is 0. The van der Waals surface area contributed by atoms with E-state index in [0.717, 1.165) is 0 Å². The molecule has 0 heterocycles. The molecule has 0 aliphatic carbocycles. The van der Waals surface area contributed by atoms with E-state index in [0.29, 0.717) is 15.6 Å². The van der Waals surface area contributed by atoms with Crippen LogP contribution in [0.1, 0.15) is 5.56 Å². The maximum atomic E-state index is 10.3. The van der Waals surface area contributed by atoms with Crippen LogP contribution < -0.4 is 11.2 Å². The number of halogens is 2. The second-order valence-electron chi connectivity index (χ2n) is 2.37. The highest BCUT2D eigenvalue weighted by Crippen LogP contribution is 2.21. The summed E-state index contributed by atoms with van der Waals surface area (Å²) in [5.41, 5.74) is 7.37. The molecule has 0 atom stereocenters. The number of hydrazone groups is 1. The van der Waals surface area contributed by atoms with Gasteiger partial charge in [0.05, 0.1) is 16.3 Å². The summed E-state index contributed by atoms with van der Waals surface area (Å²) in [7, 11) is 0. The van der Waals surface area contributed by atoms with E-state index in [2.05, 4.69) is 5.10 Å². The topological polar surface area (TPSA) is 67.5 Å². The Balaban J connectivity index is 2.85. The lowest BCUT2D eigenvalue weighted by Gasteiger charge is -1.99. The van der Waals surface area contributed by atoms with Crippen molar-refractivity contribution in [2.45, 2.75) is 0 Å². The Hall–Kier alpha value is -1.26. The second-order valence-corrected chi connectivity index (χ2v) is 3.18. The highest BCUT2D eigenvalue weighted by Gasteiger charge is 2.01. The van der Waals surface area contributed by atoms with Crippen LogP contribution in [-0.4, -0.2) is 12.2 Å². The van der Waals surface area contributed by atoms with Gasteiger partial charge in [-0.1, -0.05) is 29.3 Å². The van der Waals surface area contributed by atoms with Gasteiger partial charge in [-0.15, -0.1) is 0 Å². The summed E-state index contributed by atoms with van der Waals surface area (Å²) in [5.74, 6) is 0. The van der Waals surface area contributed by atoms with Gasteiger partial charge in [-0.3, -0.25) is 0 Å². The van der Waals surface area contributed by atoms with E-state index >= 15 is 0 Å². The van der Waals surface area contributed by atoms with Crippen LogP contribution in [-0.2, 0) is 0 Å². The molecule has 0 aliphatic heterocycles. The van der Waals surface area contributed by atoms with Crippen molar-refractivity contribution in [2.75, 3.05) is 0 Å². The van der Waals surface area contributed by atoms with Crippen LogP contribution in [0.2, 0.25) is 10.0 Å². The number of carbonyl (C=O) groups excluding carboxylic acids is 1. The molecule has 74 valence electrons. The van der Waals surface area contributed by atoms with Crippen molar-refractivity contribution >= 4 is 35.4 Å². The number of urea groups is 1. The first kappa shape index (κ1) is 10.8. The minimum atomic E-state index is -0.746. The van der Waals surface area contributed by atoms with Crippen molar-refractivity contribution in [3.8, 4) is 0 Å². The zero-order chi connectivity index (χ0) is 10.6. The van der Waals surface area contributed by atoms with Gasteiger partial charge in [0, 0.05) is 5.56 Å². The van der Waals surface area contributed by atoms with Gasteiger partial charge in [0.15, 0.2) is 0 Å². The molecule has 3 N–H and O–H groups in total. The van der Waals surface area contributed by atoms with Crippen molar-refractivity contribution in [3.05, 3.63) is 33.8 Å². The quantitative estimate of drug-likeness (QED) is 0.594. The van der Waals surface area contributed by atoms with Gasteiger partial charge >= 0.3 is 6.03 Å². The third kappa shape index (κ3) is 2.90. The zero-order valence-corrected chi connectivity index (χ0v) is 8.51. The molecule has 0 spiro atoms. The number of hydrogen-bond acceptors (Lipinski definition) is 2. The molecule has 0 unspecified atom stereocenters. The number of hydrogen-bond donors (Lipinski definition) is 2. The Morgan fingerprint density at radius 2 is 2.00 bits per heavy atom. The fourth-order valence-electron chi connectivity index (χ4n) is 0.794. The molecule has 1 rings (SSSR count). The Morgan fingerprint density at radius 3 is 2.50 bits per heavy atom. The van der Waals surface area contributed by atoms with Crippen LogP contribution in [0.5, 0.6) is 0 Å². The summed E-state index contributed by atoms with van der Waals surface area (Å²) in [5, 5.41) is 4.45. The monoisotopic (exact) mass is 231 g/mol. The molecule has 2 amide bonds. The number of benzene rings is 1. The van der Waals surface area contributed by atoms with Crippen molar-refractivity contribution in [1.82, 2.24) is 5.43 Å². The van der Waals surface area contributed by atoms with Gasteiger partial charge in [0.25, 0.3) is 0 Å². The Morgan fingerprint density at radius 1 is 1.43 bits per heavy atom. The molecule has 0 aromatic heterocycles. The first-order chi connectivity index (χ1) is 6.61. The van der Waals surface area contributed by atoms with E-state index in [1.54, 1.807) is 18.2 Å². The molecule has 0 bridgehead atoms. The fourth-order valence-corrected chi connectivity index (χ4v) is 1.29. The smallest absolute Gasteiger partial charge is 0.332 e. The minimum absolute atomic E-state index is 0.451. The van der Waals surface area contributed by atoms with E-state index in [1.165, 1.54) is 6.21 Å². The van der Waals surface area contributed by atoms with Crippen molar-refractivity contribution in [1.29, 1.82) is 0 Å². The minimum Gasteiger partial charge on any atom is -0.350 e. The lowest BCUT2D eigenvalue weighted by Crippen LogP contribution is -2.24. The lowest BCUT2D eigenvalue weighted by atomic mass is 10.2. The Bertz CT molecular complexity index is 359. The Kier molecular flexibility index (Phi) is 3.73. The summed E-state index contributed by atoms with van der Waals surface area (Å²) in [4.78, 5) is 10.3. The molecule has 1 aromatic carbocycles. The second kappa shape index (κ2) is 4.83. The predicted octanol–water partition coefficient (Wildman–Crippen LogP) is 2.00. The maximum Gasteiger partial charge on any atom is 0.332 e. The van der Waals surface area contributed by atoms with E-state index < -0.39 is 6.03 Å². The van der Waals surface area contributed by atoms with E-state index in [-0.39, 0.29) is 0 Å². The molecule has 1 aromatic rings. The third-order valence-corrected chi connectivity index (χ3v) is 2.03. The number of nitrogens with zero attached hydrogens (tertiary/aromatic N) is 1. The van der Waals surface area contributed by atoms with E-state index in [1.807, 2.05) is 5.43 Å². The van der Waals surface area contributed by atoms with Crippen molar-refractivity contribution < 1.29 is 4.79 Å². The number of carbonyl (C=O) groups is 1. The molecular formula is C8H7Cl2N3O. The first-order valence-corrected chi connectivity index (χ1v) is 4.39. The van der Waals surface area contributed by atoms with Crippen LogP contribution in [0.3, 0.4) is 0 Å². The number of rotatable bonds is 2. The lowest BCUT2D eigenvalue weighted by molar-refractivity contribution is 0.249. The predicted molar refractivity (Wildman–Crippen MR) is 56.8 cm³/mol. The first-order valence-electron chi connectivity index (χ1n) is 3.64. The SMILES string of the molecule is NC(=O)N/N=C/c1c(Cl)cccc1Cl. The molecule has 0 aliphatic rings. The summed E-state index contributed by atoms with van der Waals surface area (Å²) in [6, 6.07) is 4.30. The summed E-state index contributed by atoms with van der Waals surface area (Å²) in [6.07, 6.45) is 1.33. The van der Waals surface area contributed by atoms with E-state index in [4.69, 9.17) is 28.9 Å². The number of primary amides is 1. The van der Waals surface area contributed by atoms with Crippen LogP contribution >= 0.6 is 23.2 Å². The molecule has 0 saturated carbocycles. The normalized spacial score (nSPS) is 10.4. The van der Waals surface area contributed by atoms with Gasteiger partial charge in [0.1, 0.15) is 0 Å². The van der Waals surface area contributed by atoms with Gasteiger partial charge in [0.2, 0.25) is 0 Å². The van der Waals surface area contributed by atoms with Crippen LogP contribution in [0.4, 0.5) is 4.79 Å². The largest absolute Gasteiger partial charge is 0.350 e. The number of nitrogens with one attached hydrogen (secondary N) is 1. The van der Waals surface area contributed by atoms with Crippen molar-refractivity contribution in [2.24, 2.45) is 10.8 Å². The molecule has 6 heteroatoms. The number of nitrogens with two attached hydrogens (primary N) is 1. The van der Waals surface area contributed by atoms with Gasteiger partial charge in [-0.2, -0.15) is 5.10 Å². The number of amides is 2. The van der Waals surface area contributed by atoms with E-state index in [9.17, 15) is 4.79 Å². The van der Waals surface area contributed by atoms with Gasteiger partial charge in [-0.25, -0.2) is 10.2 Å². The highest BCUT2D eigenvalue weighted by molar-refractivity contribution is 6.38. The summed E-state index contributed by atoms with van der Waals surface area (Å²) >= 11 is 11.7. The maximum absolute atomic E-state index is 10.3.